The number of nitrogens with one attached hydrogen (secondary N) is 2. The fourth-order valence-corrected chi connectivity index (χ4v) is 4.35. The maximum atomic E-state index is 13.3. The molecule has 0 aliphatic carbocycles. The van der Waals surface area contributed by atoms with Gasteiger partial charge >= 0.3 is 0 Å². The molecule has 32 heavy (non-hydrogen) atoms. The molecule has 4 rings (SSSR count). The lowest BCUT2D eigenvalue weighted by atomic mass is 9.78. The first kappa shape index (κ1) is 21.3. The number of likely N-dealkylation sites (tertiary alicyclic amines) is 1. The van der Waals surface area contributed by atoms with Crippen molar-refractivity contribution in [3.05, 3.63) is 71.8 Å². The molecule has 3 heterocycles. The molecule has 0 unspecified atom stereocenters. The first-order valence-electron chi connectivity index (χ1n) is 10.5. The minimum Gasteiger partial charge on any atom is -0.345 e. The molecule has 0 saturated carbocycles. The Morgan fingerprint density at radius 3 is 2.81 bits per heavy atom. The SMILES string of the molecule is C#CCNC(=O)[C@]1(Cc2ccccc2-c2cccnc2)CCN(C(=O)c2cn[nH]c2C)C1. The number of aromatic amines is 1. The van der Waals surface area contributed by atoms with Gasteiger partial charge in [0.25, 0.3) is 5.91 Å². The number of carbonyl (C=O) groups excluding carboxylic acids is 2. The van der Waals surface area contributed by atoms with E-state index in [-0.39, 0.29) is 18.4 Å². The van der Waals surface area contributed by atoms with Crippen LogP contribution >= 0.6 is 0 Å². The number of terminal acetylenes is 1. The quantitative estimate of drug-likeness (QED) is 0.592. The highest BCUT2D eigenvalue weighted by molar-refractivity contribution is 5.96. The second-order valence-electron chi connectivity index (χ2n) is 8.13. The van der Waals surface area contributed by atoms with E-state index in [9.17, 15) is 9.59 Å². The molecule has 2 N–H and O–H groups in total. The van der Waals surface area contributed by atoms with E-state index >= 15 is 0 Å². The Balaban J connectivity index is 1.66. The minimum absolute atomic E-state index is 0.122. The van der Waals surface area contributed by atoms with Crippen LogP contribution in [0.4, 0.5) is 0 Å². The van der Waals surface area contributed by atoms with Gasteiger partial charge in [0, 0.05) is 36.7 Å². The van der Waals surface area contributed by atoms with Crippen LogP contribution in [0, 0.1) is 24.7 Å². The van der Waals surface area contributed by atoms with E-state index in [1.165, 1.54) is 6.20 Å². The Bertz CT molecular complexity index is 1160. The summed E-state index contributed by atoms with van der Waals surface area (Å²) in [4.78, 5) is 32.4. The number of carbonyl (C=O) groups is 2. The van der Waals surface area contributed by atoms with E-state index in [4.69, 9.17) is 6.42 Å². The Morgan fingerprint density at radius 2 is 2.09 bits per heavy atom. The van der Waals surface area contributed by atoms with Crippen molar-refractivity contribution in [2.24, 2.45) is 5.41 Å². The van der Waals surface area contributed by atoms with Crippen LogP contribution in [0.25, 0.3) is 11.1 Å². The molecule has 1 saturated heterocycles. The molecule has 7 heteroatoms. The van der Waals surface area contributed by atoms with Gasteiger partial charge in [-0.1, -0.05) is 36.3 Å². The summed E-state index contributed by atoms with van der Waals surface area (Å²) in [7, 11) is 0. The Kier molecular flexibility index (Phi) is 6.04. The van der Waals surface area contributed by atoms with E-state index in [0.717, 1.165) is 16.7 Å². The molecule has 0 bridgehead atoms. The third-order valence-electron chi connectivity index (χ3n) is 6.05. The number of rotatable bonds is 6. The topological polar surface area (TPSA) is 91.0 Å². The van der Waals surface area contributed by atoms with Gasteiger partial charge < -0.3 is 10.2 Å². The summed E-state index contributed by atoms with van der Waals surface area (Å²) >= 11 is 0. The molecule has 1 aromatic carbocycles. The summed E-state index contributed by atoms with van der Waals surface area (Å²) in [6.07, 6.45) is 11.5. The number of hydrogen-bond acceptors (Lipinski definition) is 4. The van der Waals surface area contributed by atoms with Gasteiger partial charge in [-0.15, -0.1) is 6.42 Å². The molecule has 1 aliphatic rings. The third kappa shape index (κ3) is 4.12. The highest BCUT2D eigenvalue weighted by Gasteiger charge is 2.46. The third-order valence-corrected chi connectivity index (χ3v) is 6.05. The van der Waals surface area contributed by atoms with Crippen molar-refractivity contribution in [1.29, 1.82) is 0 Å². The lowest BCUT2D eigenvalue weighted by molar-refractivity contribution is -0.130. The largest absolute Gasteiger partial charge is 0.345 e. The maximum Gasteiger partial charge on any atom is 0.257 e. The second-order valence-corrected chi connectivity index (χ2v) is 8.13. The van der Waals surface area contributed by atoms with Crippen molar-refractivity contribution >= 4 is 11.8 Å². The molecule has 162 valence electrons. The summed E-state index contributed by atoms with van der Waals surface area (Å²) in [5.41, 5.74) is 3.52. The molecule has 2 aromatic heterocycles. The molecule has 1 fully saturated rings. The molecular weight excluding hydrogens is 402 g/mol. The molecule has 0 spiro atoms. The molecule has 7 nitrogen and oxygen atoms in total. The molecule has 1 aliphatic heterocycles. The van der Waals surface area contributed by atoms with Crippen molar-refractivity contribution < 1.29 is 9.59 Å². The summed E-state index contributed by atoms with van der Waals surface area (Å²) in [6, 6.07) is 11.9. The van der Waals surface area contributed by atoms with Crippen molar-refractivity contribution in [1.82, 2.24) is 25.4 Å². The van der Waals surface area contributed by atoms with Gasteiger partial charge in [0.05, 0.1) is 23.7 Å². The monoisotopic (exact) mass is 427 g/mol. The number of hydrogen-bond donors (Lipinski definition) is 2. The normalized spacial score (nSPS) is 17.7. The zero-order chi connectivity index (χ0) is 22.6. The standard InChI is InChI=1S/C25H25N5O2/c1-3-11-27-24(32)25(10-13-30(17-25)23(31)22-16-28-29-18(22)2)14-19-7-4-5-9-21(19)20-8-6-12-26-15-20/h1,4-9,12,15-16H,10-11,13-14,17H2,2H3,(H,27,32)(H,28,29)/t25-/m0/s1. The van der Waals surface area contributed by atoms with E-state index in [2.05, 4.69) is 26.4 Å². The highest BCUT2D eigenvalue weighted by Crippen LogP contribution is 2.38. The molecule has 0 radical (unpaired) electrons. The zero-order valence-corrected chi connectivity index (χ0v) is 18.0. The lowest BCUT2D eigenvalue weighted by Crippen LogP contribution is -2.45. The van der Waals surface area contributed by atoms with Gasteiger partial charge in [-0.3, -0.25) is 19.7 Å². The van der Waals surface area contributed by atoms with E-state index in [0.29, 0.717) is 37.2 Å². The Hall–Kier alpha value is -3.92. The predicted molar refractivity (Wildman–Crippen MR) is 121 cm³/mol. The number of nitrogens with zero attached hydrogens (tertiary/aromatic N) is 3. The van der Waals surface area contributed by atoms with Gasteiger partial charge in [0.2, 0.25) is 5.91 Å². The highest BCUT2D eigenvalue weighted by atomic mass is 16.2. The number of pyridine rings is 1. The Morgan fingerprint density at radius 1 is 1.25 bits per heavy atom. The smallest absolute Gasteiger partial charge is 0.257 e. The predicted octanol–water partition coefficient (Wildman–Crippen LogP) is 2.60. The van der Waals surface area contributed by atoms with Crippen LogP contribution in [0.3, 0.4) is 0 Å². The zero-order valence-electron chi connectivity index (χ0n) is 18.0. The van der Waals surface area contributed by atoms with Gasteiger partial charge in [0.15, 0.2) is 0 Å². The van der Waals surface area contributed by atoms with Crippen molar-refractivity contribution in [3.63, 3.8) is 0 Å². The summed E-state index contributed by atoms with van der Waals surface area (Å²) < 4.78 is 0. The Labute approximate surface area is 187 Å². The van der Waals surface area contributed by atoms with Crippen LogP contribution in [0.5, 0.6) is 0 Å². The van der Waals surface area contributed by atoms with Gasteiger partial charge in [-0.2, -0.15) is 5.10 Å². The van der Waals surface area contributed by atoms with E-state index < -0.39 is 5.41 Å². The molecular formula is C25H25N5O2. The fraction of sp³-hybridized carbons (Fsp3) is 0.280. The van der Waals surface area contributed by atoms with E-state index in [1.807, 2.05) is 49.5 Å². The van der Waals surface area contributed by atoms with Crippen LogP contribution in [-0.2, 0) is 11.2 Å². The number of amides is 2. The number of benzene rings is 1. The van der Waals surface area contributed by atoms with Crippen molar-refractivity contribution in [3.8, 4) is 23.5 Å². The molecule has 1 atom stereocenters. The van der Waals surface area contributed by atoms with Crippen molar-refractivity contribution in [2.75, 3.05) is 19.6 Å². The van der Waals surface area contributed by atoms with Crippen LogP contribution < -0.4 is 5.32 Å². The molecule has 3 aromatic rings. The van der Waals surface area contributed by atoms with Crippen molar-refractivity contribution in [2.45, 2.75) is 19.8 Å². The number of aryl methyl sites for hydroxylation is 1. The summed E-state index contributed by atoms with van der Waals surface area (Å²) in [6.45, 7) is 2.77. The van der Waals surface area contributed by atoms with Crippen LogP contribution in [-0.4, -0.2) is 51.5 Å². The summed E-state index contributed by atoms with van der Waals surface area (Å²) in [5.74, 6) is 2.22. The average molecular weight is 428 g/mol. The maximum absolute atomic E-state index is 13.3. The average Bonchev–Trinajstić information content (AvgIpc) is 3.45. The van der Waals surface area contributed by atoms with Crippen LogP contribution in [0.1, 0.15) is 28.0 Å². The summed E-state index contributed by atoms with van der Waals surface area (Å²) in [5, 5.41) is 9.62. The fourth-order valence-electron chi connectivity index (χ4n) is 4.35. The van der Waals surface area contributed by atoms with Crippen LogP contribution in [0.2, 0.25) is 0 Å². The van der Waals surface area contributed by atoms with Gasteiger partial charge in [-0.05, 0) is 37.0 Å². The molecule has 2 amide bonds. The first-order valence-corrected chi connectivity index (χ1v) is 10.5. The van der Waals surface area contributed by atoms with E-state index in [1.54, 1.807) is 11.1 Å². The number of H-pyrrole nitrogens is 1. The van der Waals surface area contributed by atoms with Gasteiger partial charge in [-0.25, -0.2) is 0 Å². The second kappa shape index (κ2) is 9.06. The number of aromatic nitrogens is 3. The lowest BCUT2D eigenvalue weighted by Gasteiger charge is -2.29. The van der Waals surface area contributed by atoms with Crippen LogP contribution in [0.15, 0.2) is 55.0 Å². The first-order chi connectivity index (χ1) is 15.5. The van der Waals surface area contributed by atoms with Gasteiger partial charge in [0.1, 0.15) is 0 Å². The minimum atomic E-state index is -0.775.